The van der Waals surface area contributed by atoms with E-state index in [4.69, 9.17) is 23.7 Å². The molecule has 7 heteroatoms. The van der Waals surface area contributed by atoms with Crippen molar-refractivity contribution in [1.29, 1.82) is 0 Å². The third-order valence-corrected chi connectivity index (χ3v) is 4.82. The third-order valence-electron chi connectivity index (χ3n) is 4.82. The van der Waals surface area contributed by atoms with Gasteiger partial charge in [-0.05, 0) is 36.2 Å². The van der Waals surface area contributed by atoms with E-state index in [-0.39, 0.29) is 12.0 Å². The van der Waals surface area contributed by atoms with Crippen LogP contribution >= 0.6 is 0 Å². The van der Waals surface area contributed by atoms with Gasteiger partial charge in [-0.3, -0.25) is 4.79 Å². The van der Waals surface area contributed by atoms with Crippen molar-refractivity contribution in [1.82, 2.24) is 4.90 Å². The highest BCUT2D eigenvalue weighted by Crippen LogP contribution is 2.38. The molecule has 1 amide bonds. The number of amides is 1. The highest BCUT2D eigenvalue weighted by molar-refractivity contribution is 5.76. The van der Waals surface area contributed by atoms with Crippen LogP contribution in [0.2, 0.25) is 0 Å². The summed E-state index contributed by atoms with van der Waals surface area (Å²) < 4.78 is 27.7. The molecule has 0 saturated heterocycles. The molecule has 0 saturated carbocycles. The molecule has 0 aliphatic carbocycles. The molecular formula is C22H27NO6. The van der Waals surface area contributed by atoms with E-state index in [9.17, 15) is 4.79 Å². The highest BCUT2D eigenvalue weighted by Gasteiger charge is 2.23. The Balaban J connectivity index is 1.57. The number of likely N-dealkylation sites (N-methyl/N-ethyl adjacent to an activating group) is 1. The molecule has 0 fully saturated rings. The minimum atomic E-state index is -0.194. The zero-order valence-electron chi connectivity index (χ0n) is 17.3. The summed E-state index contributed by atoms with van der Waals surface area (Å²) in [6.45, 7) is 0.879. The van der Waals surface area contributed by atoms with Crippen LogP contribution in [-0.4, -0.2) is 58.4 Å². The van der Waals surface area contributed by atoms with Gasteiger partial charge in [-0.15, -0.1) is 0 Å². The fraction of sp³-hybridized carbons (Fsp3) is 0.409. The lowest BCUT2D eigenvalue weighted by atomic mass is 10.1. The lowest BCUT2D eigenvalue weighted by Crippen LogP contribution is -2.41. The molecule has 0 bridgehead atoms. The second-order valence-corrected chi connectivity index (χ2v) is 6.81. The lowest BCUT2D eigenvalue weighted by Gasteiger charge is -2.29. The minimum absolute atomic E-state index is 0.0289. The maximum atomic E-state index is 12.6. The second kappa shape index (κ2) is 9.41. The molecule has 1 aliphatic heterocycles. The first-order valence-corrected chi connectivity index (χ1v) is 9.47. The molecule has 156 valence electrons. The van der Waals surface area contributed by atoms with E-state index >= 15 is 0 Å². The molecule has 2 aromatic rings. The summed E-state index contributed by atoms with van der Waals surface area (Å²) in [6, 6.07) is 11.3. The maximum absolute atomic E-state index is 12.6. The van der Waals surface area contributed by atoms with Crippen molar-refractivity contribution in [2.75, 3.05) is 41.5 Å². The van der Waals surface area contributed by atoms with E-state index in [2.05, 4.69) is 0 Å². The number of hydrogen-bond donors (Lipinski definition) is 0. The number of carbonyl (C=O) groups excluding carboxylic acids is 1. The topological polar surface area (TPSA) is 66.5 Å². The highest BCUT2D eigenvalue weighted by atomic mass is 16.6. The summed E-state index contributed by atoms with van der Waals surface area (Å²) >= 11 is 0. The molecule has 0 spiro atoms. The first kappa shape index (κ1) is 20.6. The third kappa shape index (κ3) is 4.85. The van der Waals surface area contributed by atoms with Crippen molar-refractivity contribution >= 4 is 5.91 Å². The number of aryl methyl sites for hydroxylation is 1. The Morgan fingerprint density at radius 1 is 1.07 bits per heavy atom. The summed E-state index contributed by atoms with van der Waals surface area (Å²) in [5.74, 6) is 3.17. The van der Waals surface area contributed by atoms with Crippen molar-refractivity contribution < 1.29 is 28.5 Å². The van der Waals surface area contributed by atoms with Gasteiger partial charge in [-0.1, -0.05) is 12.1 Å². The average Bonchev–Trinajstić information content (AvgIpc) is 2.76. The molecule has 0 radical (unpaired) electrons. The predicted octanol–water partition coefficient (Wildman–Crippen LogP) is 2.94. The number of rotatable bonds is 8. The van der Waals surface area contributed by atoms with Gasteiger partial charge in [0.1, 0.15) is 6.61 Å². The SMILES string of the molecule is COc1cc(CCC(=O)N(C)CC2COc3ccccc3O2)cc(OC)c1OC. The number of para-hydroxylation sites is 2. The Morgan fingerprint density at radius 3 is 2.34 bits per heavy atom. The van der Waals surface area contributed by atoms with Crippen molar-refractivity contribution in [2.24, 2.45) is 0 Å². The molecule has 29 heavy (non-hydrogen) atoms. The molecule has 1 unspecified atom stereocenters. The zero-order valence-corrected chi connectivity index (χ0v) is 17.3. The summed E-state index contributed by atoms with van der Waals surface area (Å²) in [4.78, 5) is 14.3. The Morgan fingerprint density at radius 2 is 1.72 bits per heavy atom. The molecule has 3 rings (SSSR count). The van der Waals surface area contributed by atoms with E-state index in [1.165, 1.54) is 0 Å². The Labute approximate surface area is 171 Å². The van der Waals surface area contributed by atoms with Crippen LogP contribution in [0.1, 0.15) is 12.0 Å². The zero-order chi connectivity index (χ0) is 20.8. The first-order valence-electron chi connectivity index (χ1n) is 9.47. The fourth-order valence-electron chi connectivity index (χ4n) is 3.28. The lowest BCUT2D eigenvalue weighted by molar-refractivity contribution is -0.131. The number of hydrogen-bond acceptors (Lipinski definition) is 6. The maximum Gasteiger partial charge on any atom is 0.222 e. The molecule has 7 nitrogen and oxygen atoms in total. The number of ether oxygens (including phenoxy) is 5. The number of carbonyl (C=O) groups is 1. The van der Waals surface area contributed by atoms with Gasteiger partial charge >= 0.3 is 0 Å². The smallest absolute Gasteiger partial charge is 0.222 e. The number of benzene rings is 2. The van der Waals surface area contributed by atoms with Crippen molar-refractivity contribution in [3.05, 3.63) is 42.0 Å². The van der Waals surface area contributed by atoms with Gasteiger partial charge in [0.05, 0.1) is 27.9 Å². The van der Waals surface area contributed by atoms with Gasteiger partial charge in [-0.25, -0.2) is 0 Å². The fourth-order valence-corrected chi connectivity index (χ4v) is 3.28. The minimum Gasteiger partial charge on any atom is -0.493 e. The quantitative estimate of drug-likeness (QED) is 0.678. The molecule has 1 heterocycles. The van der Waals surface area contributed by atoms with Crippen molar-refractivity contribution in [3.63, 3.8) is 0 Å². The normalized spacial score (nSPS) is 14.8. The van der Waals surface area contributed by atoms with Crippen LogP contribution in [0.25, 0.3) is 0 Å². The van der Waals surface area contributed by atoms with E-state index in [1.807, 2.05) is 36.4 Å². The van der Waals surface area contributed by atoms with Gasteiger partial charge < -0.3 is 28.6 Å². The molecule has 1 atom stereocenters. The monoisotopic (exact) mass is 401 g/mol. The van der Waals surface area contributed by atoms with E-state index < -0.39 is 0 Å². The van der Waals surface area contributed by atoms with Crippen LogP contribution in [0.15, 0.2) is 36.4 Å². The van der Waals surface area contributed by atoms with Crippen LogP contribution in [0.3, 0.4) is 0 Å². The van der Waals surface area contributed by atoms with Crippen molar-refractivity contribution in [3.8, 4) is 28.7 Å². The van der Waals surface area contributed by atoms with E-state index in [0.717, 1.165) is 11.3 Å². The van der Waals surface area contributed by atoms with E-state index in [0.29, 0.717) is 49.0 Å². The molecule has 2 aromatic carbocycles. The van der Waals surface area contributed by atoms with Crippen LogP contribution in [0.5, 0.6) is 28.7 Å². The largest absolute Gasteiger partial charge is 0.493 e. The Bertz CT molecular complexity index is 828. The van der Waals surface area contributed by atoms with Gasteiger partial charge in [0.15, 0.2) is 29.1 Å². The molecular weight excluding hydrogens is 374 g/mol. The molecule has 0 N–H and O–H groups in total. The molecule has 1 aliphatic rings. The Kier molecular flexibility index (Phi) is 6.69. The van der Waals surface area contributed by atoms with Crippen molar-refractivity contribution in [2.45, 2.75) is 18.9 Å². The number of nitrogens with zero attached hydrogens (tertiary/aromatic N) is 1. The van der Waals surface area contributed by atoms with Crippen LogP contribution in [0, 0.1) is 0 Å². The first-order chi connectivity index (χ1) is 14.0. The summed E-state index contributed by atoms with van der Waals surface area (Å²) in [5.41, 5.74) is 0.937. The summed E-state index contributed by atoms with van der Waals surface area (Å²) in [6.07, 6.45) is 0.726. The van der Waals surface area contributed by atoms with Crippen LogP contribution in [-0.2, 0) is 11.2 Å². The predicted molar refractivity (Wildman–Crippen MR) is 108 cm³/mol. The average molecular weight is 401 g/mol. The summed E-state index contributed by atoms with van der Waals surface area (Å²) in [5, 5.41) is 0. The second-order valence-electron chi connectivity index (χ2n) is 6.81. The number of methoxy groups -OCH3 is 3. The van der Waals surface area contributed by atoms with Gasteiger partial charge in [0, 0.05) is 13.5 Å². The Hall–Kier alpha value is -3.09. The van der Waals surface area contributed by atoms with Gasteiger partial charge in [0.25, 0.3) is 0 Å². The van der Waals surface area contributed by atoms with Crippen LogP contribution < -0.4 is 23.7 Å². The van der Waals surface area contributed by atoms with Gasteiger partial charge in [-0.2, -0.15) is 0 Å². The number of fused-ring (bicyclic) bond motifs is 1. The van der Waals surface area contributed by atoms with Crippen LogP contribution in [0.4, 0.5) is 0 Å². The summed E-state index contributed by atoms with van der Waals surface area (Å²) in [7, 11) is 6.49. The van der Waals surface area contributed by atoms with E-state index in [1.54, 1.807) is 33.3 Å². The standard InChI is InChI=1S/C22H27NO6/c1-23(13-16-14-28-17-7-5-6-8-18(17)29-16)21(24)10-9-15-11-19(25-2)22(27-4)20(12-15)26-3/h5-8,11-12,16H,9-10,13-14H2,1-4H3. The molecule has 0 aromatic heterocycles. The van der Waals surface area contributed by atoms with Gasteiger partial charge in [0.2, 0.25) is 11.7 Å².